The summed E-state index contributed by atoms with van der Waals surface area (Å²) in [6.45, 7) is 6.47. The van der Waals surface area contributed by atoms with Crippen LogP contribution in [0.4, 0.5) is 17.1 Å². The summed E-state index contributed by atoms with van der Waals surface area (Å²) in [4.78, 5) is 0. The van der Waals surface area contributed by atoms with Gasteiger partial charge in [0.2, 0.25) is 0 Å². The van der Waals surface area contributed by atoms with Crippen LogP contribution in [0.15, 0.2) is 36.4 Å². The van der Waals surface area contributed by atoms with Crippen LogP contribution in [0.25, 0.3) is 0 Å². The molecule has 100 valence electrons. The number of aryl methyl sites for hydroxylation is 1. The molecule has 2 aromatic carbocycles. The molecule has 0 saturated carbocycles. The number of benzene rings is 2. The van der Waals surface area contributed by atoms with E-state index in [1.54, 1.807) is 6.07 Å². The topological polar surface area (TPSA) is 38.0 Å². The Kier molecular flexibility index (Phi) is 4.01. The van der Waals surface area contributed by atoms with E-state index in [-0.39, 0.29) is 0 Å². The molecule has 0 spiro atoms. The van der Waals surface area contributed by atoms with Crippen LogP contribution in [-0.2, 0) is 0 Å². The van der Waals surface area contributed by atoms with E-state index in [2.05, 4.69) is 44.3 Å². The van der Waals surface area contributed by atoms with Gasteiger partial charge >= 0.3 is 0 Å². The molecule has 2 aromatic rings. The summed E-state index contributed by atoms with van der Waals surface area (Å²) in [5.74, 6) is 0.454. The van der Waals surface area contributed by atoms with Gasteiger partial charge < -0.3 is 11.1 Å². The van der Waals surface area contributed by atoms with Gasteiger partial charge in [0, 0.05) is 11.4 Å². The van der Waals surface area contributed by atoms with Crippen molar-refractivity contribution in [1.29, 1.82) is 0 Å². The second-order valence-electron chi connectivity index (χ2n) is 5.06. The molecule has 0 aliphatic rings. The highest BCUT2D eigenvalue weighted by molar-refractivity contribution is 6.33. The molecule has 19 heavy (non-hydrogen) atoms. The van der Waals surface area contributed by atoms with Gasteiger partial charge in [0.25, 0.3) is 0 Å². The van der Waals surface area contributed by atoms with Gasteiger partial charge in [-0.15, -0.1) is 0 Å². The Morgan fingerprint density at radius 1 is 1.16 bits per heavy atom. The van der Waals surface area contributed by atoms with Crippen LogP contribution >= 0.6 is 11.6 Å². The fraction of sp³-hybridized carbons (Fsp3) is 0.250. The van der Waals surface area contributed by atoms with Gasteiger partial charge in [-0.2, -0.15) is 0 Å². The maximum absolute atomic E-state index is 6.22. The zero-order chi connectivity index (χ0) is 14.0. The second kappa shape index (κ2) is 5.54. The lowest BCUT2D eigenvalue weighted by Crippen LogP contribution is -2.01. The normalized spacial score (nSPS) is 10.8. The number of anilines is 3. The third kappa shape index (κ3) is 3.02. The molecule has 0 aromatic heterocycles. The van der Waals surface area contributed by atoms with Gasteiger partial charge in [-0.3, -0.25) is 0 Å². The predicted molar refractivity (Wildman–Crippen MR) is 84.4 cm³/mol. The molecule has 3 N–H and O–H groups in total. The molecule has 0 aliphatic carbocycles. The summed E-state index contributed by atoms with van der Waals surface area (Å²) < 4.78 is 0. The van der Waals surface area contributed by atoms with Crippen LogP contribution < -0.4 is 11.1 Å². The molecule has 2 nitrogen and oxygen atoms in total. The monoisotopic (exact) mass is 274 g/mol. The molecule has 0 unspecified atom stereocenters. The predicted octanol–water partition coefficient (Wildman–Crippen LogP) is 5.10. The van der Waals surface area contributed by atoms with Crippen molar-refractivity contribution in [1.82, 2.24) is 0 Å². The Labute approximate surface area is 119 Å². The average Bonchev–Trinajstić information content (AvgIpc) is 2.34. The number of hydrogen-bond acceptors (Lipinski definition) is 2. The van der Waals surface area contributed by atoms with Crippen molar-refractivity contribution in [2.45, 2.75) is 26.7 Å². The molecule has 0 saturated heterocycles. The SMILES string of the molecule is Cc1cccc(C(C)C)c1Nc1ccc(N)cc1Cl. The smallest absolute Gasteiger partial charge is 0.0661 e. The highest BCUT2D eigenvalue weighted by Crippen LogP contribution is 2.33. The molecule has 0 radical (unpaired) electrons. The fourth-order valence-electron chi connectivity index (χ4n) is 2.11. The first-order valence-corrected chi connectivity index (χ1v) is 6.78. The van der Waals surface area contributed by atoms with Crippen LogP contribution in [0.5, 0.6) is 0 Å². The van der Waals surface area contributed by atoms with Crippen molar-refractivity contribution in [3.63, 3.8) is 0 Å². The van der Waals surface area contributed by atoms with Gasteiger partial charge in [-0.1, -0.05) is 43.6 Å². The quantitative estimate of drug-likeness (QED) is 0.765. The van der Waals surface area contributed by atoms with Crippen LogP contribution in [0.3, 0.4) is 0 Å². The second-order valence-corrected chi connectivity index (χ2v) is 5.47. The largest absolute Gasteiger partial charge is 0.399 e. The summed E-state index contributed by atoms with van der Waals surface area (Å²) in [6, 6.07) is 11.8. The first-order valence-electron chi connectivity index (χ1n) is 6.40. The molecular weight excluding hydrogens is 256 g/mol. The zero-order valence-corrected chi connectivity index (χ0v) is 12.3. The van der Waals surface area contributed by atoms with Crippen LogP contribution in [-0.4, -0.2) is 0 Å². The number of nitrogen functional groups attached to an aromatic ring is 1. The van der Waals surface area contributed by atoms with Crippen molar-refractivity contribution in [3.8, 4) is 0 Å². The lowest BCUT2D eigenvalue weighted by molar-refractivity contribution is 0.867. The summed E-state index contributed by atoms with van der Waals surface area (Å²) in [6.07, 6.45) is 0. The number of halogens is 1. The molecule has 0 bridgehead atoms. The van der Waals surface area contributed by atoms with Gasteiger partial charge in [0.15, 0.2) is 0 Å². The number of nitrogens with two attached hydrogens (primary N) is 1. The first kappa shape index (κ1) is 13.8. The Hall–Kier alpha value is -1.67. The fourth-order valence-corrected chi connectivity index (χ4v) is 2.35. The van der Waals surface area contributed by atoms with Crippen molar-refractivity contribution in [2.24, 2.45) is 0 Å². The molecule has 3 heteroatoms. The van der Waals surface area contributed by atoms with Gasteiger partial charge in [0.05, 0.1) is 10.7 Å². The number of nitrogens with one attached hydrogen (secondary N) is 1. The minimum atomic E-state index is 0.454. The summed E-state index contributed by atoms with van der Waals surface area (Å²) >= 11 is 6.22. The van der Waals surface area contributed by atoms with Gasteiger partial charge in [-0.05, 0) is 42.2 Å². The van der Waals surface area contributed by atoms with Crippen molar-refractivity contribution in [3.05, 3.63) is 52.5 Å². The molecule has 0 aliphatic heterocycles. The third-order valence-corrected chi connectivity index (χ3v) is 3.49. The molecular formula is C16H19ClN2. The minimum absolute atomic E-state index is 0.454. The zero-order valence-electron chi connectivity index (χ0n) is 11.5. The molecule has 0 heterocycles. The molecule has 0 atom stereocenters. The highest BCUT2D eigenvalue weighted by atomic mass is 35.5. The number of para-hydroxylation sites is 1. The van der Waals surface area contributed by atoms with E-state index in [0.29, 0.717) is 16.6 Å². The summed E-state index contributed by atoms with van der Waals surface area (Å²) in [5.41, 5.74) is 10.9. The van der Waals surface area contributed by atoms with Crippen molar-refractivity contribution in [2.75, 3.05) is 11.1 Å². The van der Waals surface area contributed by atoms with E-state index in [0.717, 1.165) is 11.4 Å². The number of rotatable bonds is 3. The minimum Gasteiger partial charge on any atom is -0.399 e. The lowest BCUT2D eigenvalue weighted by Gasteiger charge is -2.18. The molecule has 2 rings (SSSR count). The van der Waals surface area contributed by atoms with Crippen LogP contribution in [0.2, 0.25) is 5.02 Å². The van der Waals surface area contributed by atoms with E-state index in [4.69, 9.17) is 17.3 Å². The first-order chi connectivity index (χ1) is 8.99. The van der Waals surface area contributed by atoms with Crippen LogP contribution in [0.1, 0.15) is 30.9 Å². The van der Waals surface area contributed by atoms with Crippen molar-refractivity contribution < 1.29 is 0 Å². The van der Waals surface area contributed by atoms with Crippen LogP contribution in [0, 0.1) is 6.92 Å². The average molecular weight is 275 g/mol. The summed E-state index contributed by atoms with van der Waals surface area (Å²) in [5, 5.41) is 4.07. The Morgan fingerprint density at radius 3 is 2.53 bits per heavy atom. The van der Waals surface area contributed by atoms with Gasteiger partial charge in [0.1, 0.15) is 0 Å². The Balaban J connectivity index is 2.43. The van der Waals surface area contributed by atoms with E-state index in [1.807, 2.05) is 12.1 Å². The highest BCUT2D eigenvalue weighted by Gasteiger charge is 2.10. The van der Waals surface area contributed by atoms with Crippen molar-refractivity contribution >= 4 is 28.7 Å². The summed E-state index contributed by atoms with van der Waals surface area (Å²) in [7, 11) is 0. The molecule has 0 amide bonds. The van der Waals surface area contributed by atoms with Gasteiger partial charge in [-0.25, -0.2) is 0 Å². The van der Waals surface area contributed by atoms with E-state index >= 15 is 0 Å². The number of hydrogen-bond donors (Lipinski definition) is 2. The Morgan fingerprint density at radius 2 is 1.89 bits per heavy atom. The third-order valence-electron chi connectivity index (χ3n) is 3.18. The van der Waals surface area contributed by atoms with E-state index in [1.165, 1.54) is 11.1 Å². The maximum atomic E-state index is 6.22. The van der Waals surface area contributed by atoms with E-state index < -0.39 is 0 Å². The standard InChI is InChI=1S/C16H19ClN2/c1-10(2)13-6-4-5-11(3)16(13)19-15-8-7-12(18)9-14(15)17/h4-10,19H,18H2,1-3H3. The maximum Gasteiger partial charge on any atom is 0.0661 e. The Bertz CT molecular complexity index is 591. The lowest BCUT2D eigenvalue weighted by atomic mass is 9.98. The van der Waals surface area contributed by atoms with E-state index in [9.17, 15) is 0 Å². The molecule has 0 fully saturated rings.